The first kappa shape index (κ1) is 22.2. The maximum Gasteiger partial charge on any atom is 0.333 e. The van der Waals surface area contributed by atoms with Crippen LogP contribution in [0.2, 0.25) is 5.02 Å². The van der Waals surface area contributed by atoms with Gasteiger partial charge in [0.15, 0.2) is 11.8 Å². The van der Waals surface area contributed by atoms with Crippen LogP contribution in [-0.4, -0.2) is 60.1 Å². The van der Waals surface area contributed by atoms with Crippen LogP contribution in [0.15, 0.2) is 48.7 Å². The molecule has 31 heavy (non-hydrogen) atoms. The zero-order chi connectivity index (χ0) is 22.5. The quantitative estimate of drug-likeness (QED) is 0.300. The first-order valence-electron chi connectivity index (χ1n) is 8.85. The lowest BCUT2D eigenvalue weighted by Crippen LogP contribution is -2.47. The van der Waals surface area contributed by atoms with Gasteiger partial charge in [-0.05, 0) is 34.5 Å². The zero-order valence-electron chi connectivity index (χ0n) is 15.8. The predicted molar refractivity (Wildman–Crippen MR) is 106 cm³/mol. The Balaban J connectivity index is 1.80. The topological polar surface area (TPSA) is 141 Å². The lowest BCUT2D eigenvalue weighted by molar-refractivity contribution is -0.148. The second-order valence-electron chi connectivity index (χ2n) is 6.52. The Morgan fingerprint density at radius 1 is 1.23 bits per heavy atom. The Morgan fingerprint density at radius 3 is 2.58 bits per heavy atom. The molecule has 3 rings (SSSR count). The minimum absolute atomic E-state index is 0.134. The number of halogens is 2. The van der Waals surface area contributed by atoms with Gasteiger partial charge >= 0.3 is 5.97 Å². The number of nitrogens with one attached hydrogen (secondary N) is 1. The number of aliphatic hydroxyl groups is 1. The summed E-state index contributed by atoms with van der Waals surface area (Å²) < 4.78 is 14.7. The summed E-state index contributed by atoms with van der Waals surface area (Å²) in [4.78, 5) is 23.6. The van der Waals surface area contributed by atoms with Crippen LogP contribution in [-0.2, 0) is 11.3 Å². The van der Waals surface area contributed by atoms with Gasteiger partial charge in [0, 0.05) is 17.1 Å². The van der Waals surface area contributed by atoms with Gasteiger partial charge in [0.05, 0.1) is 12.7 Å². The normalized spacial score (nSPS) is 12.0. The molecule has 2 aromatic carbocycles. The molecule has 0 saturated carbocycles. The van der Waals surface area contributed by atoms with Crippen molar-refractivity contribution in [1.29, 1.82) is 0 Å². The van der Waals surface area contributed by atoms with Crippen LogP contribution in [0.5, 0.6) is 0 Å². The van der Waals surface area contributed by atoms with Crippen molar-refractivity contribution in [2.24, 2.45) is 0 Å². The Labute approximate surface area is 180 Å². The number of carboxylic acid groups (broad SMARTS) is 1. The van der Waals surface area contributed by atoms with Gasteiger partial charge in [0.1, 0.15) is 5.82 Å². The molecule has 0 unspecified atom stereocenters. The molecule has 162 valence electrons. The maximum atomic E-state index is 14.7. The number of carbonyl (C=O) groups is 2. The molecule has 12 heteroatoms. The van der Waals surface area contributed by atoms with Crippen molar-refractivity contribution >= 4 is 23.5 Å². The molecule has 4 N–H and O–H groups in total. The number of carboxylic acids is 1. The molecule has 0 radical (unpaired) electrons. The fraction of sp³-hybridized carbons (Fsp3) is 0.158. The van der Waals surface area contributed by atoms with E-state index in [4.69, 9.17) is 21.9 Å². The maximum absolute atomic E-state index is 14.7. The molecule has 0 bridgehead atoms. The standard InChI is InChI=1S/C19H17ClFN5O5/c20-14-3-1-2-11(6-14)12-4-5-13(15(21)7-12)8-25(10-17(27)19(29)30)23-18(28)16-9-26(31)24-22-16/h1-7,9,17,27,31H,8,10H2,(H,23,28)(H,29,30)/t17-/m1/s1. The molecule has 0 aliphatic heterocycles. The lowest BCUT2D eigenvalue weighted by Gasteiger charge is -2.24. The van der Waals surface area contributed by atoms with Crippen LogP contribution in [0.3, 0.4) is 0 Å². The molecule has 3 aromatic rings. The van der Waals surface area contributed by atoms with Crippen molar-refractivity contribution in [1.82, 2.24) is 25.6 Å². The van der Waals surface area contributed by atoms with E-state index in [1.165, 1.54) is 12.1 Å². The molecule has 10 nitrogen and oxygen atoms in total. The van der Waals surface area contributed by atoms with Crippen LogP contribution in [0, 0.1) is 5.82 Å². The van der Waals surface area contributed by atoms with Crippen molar-refractivity contribution in [3.8, 4) is 11.1 Å². The van der Waals surface area contributed by atoms with Gasteiger partial charge in [-0.25, -0.2) is 14.2 Å². The van der Waals surface area contributed by atoms with E-state index in [0.717, 1.165) is 11.2 Å². The van der Waals surface area contributed by atoms with Gasteiger partial charge in [0.2, 0.25) is 0 Å². The second kappa shape index (κ2) is 9.51. The summed E-state index contributed by atoms with van der Waals surface area (Å²) in [6.07, 6.45) is -0.927. The Morgan fingerprint density at radius 2 is 1.97 bits per heavy atom. The lowest BCUT2D eigenvalue weighted by atomic mass is 10.0. The predicted octanol–water partition coefficient (Wildman–Crippen LogP) is 1.57. The number of aliphatic carboxylic acids is 1. The summed E-state index contributed by atoms with van der Waals surface area (Å²) in [5.41, 5.74) is 3.46. The average Bonchev–Trinajstić information content (AvgIpc) is 3.15. The SMILES string of the molecule is O=C(NN(Cc1ccc(-c2cccc(Cl)c2)cc1F)C[C@@H](O)C(=O)O)c1cn(O)nn1. The van der Waals surface area contributed by atoms with E-state index in [0.29, 0.717) is 21.0 Å². The van der Waals surface area contributed by atoms with Crippen LogP contribution in [0.25, 0.3) is 11.1 Å². The van der Waals surface area contributed by atoms with E-state index in [-0.39, 0.29) is 17.8 Å². The number of benzene rings is 2. The van der Waals surface area contributed by atoms with Gasteiger partial charge in [-0.2, -0.15) is 0 Å². The third kappa shape index (κ3) is 5.75. The number of nitrogens with zero attached hydrogens (tertiary/aromatic N) is 4. The number of aliphatic hydroxyl groups excluding tert-OH is 1. The largest absolute Gasteiger partial charge is 0.479 e. The minimum Gasteiger partial charge on any atom is -0.479 e. The van der Waals surface area contributed by atoms with Crippen molar-refractivity contribution in [3.05, 3.63) is 70.8 Å². The summed E-state index contributed by atoms with van der Waals surface area (Å²) >= 11 is 5.97. The third-order valence-electron chi connectivity index (χ3n) is 4.22. The average molecular weight is 450 g/mol. The Bertz CT molecular complexity index is 1110. The smallest absolute Gasteiger partial charge is 0.333 e. The highest BCUT2D eigenvalue weighted by Gasteiger charge is 2.22. The van der Waals surface area contributed by atoms with Crippen LogP contribution in [0.4, 0.5) is 4.39 Å². The highest BCUT2D eigenvalue weighted by atomic mass is 35.5. The van der Waals surface area contributed by atoms with Gasteiger partial charge in [-0.1, -0.05) is 40.7 Å². The number of hydrogen-bond acceptors (Lipinski definition) is 7. The van der Waals surface area contributed by atoms with E-state index >= 15 is 0 Å². The number of amides is 1. The highest BCUT2D eigenvalue weighted by molar-refractivity contribution is 6.30. The summed E-state index contributed by atoms with van der Waals surface area (Å²) in [7, 11) is 0. The zero-order valence-corrected chi connectivity index (χ0v) is 16.6. The molecular weight excluding hydrogens is 433 g/mol. The van der Waals surface area contributed by atoms with E-state index in [9.17, 15) is 19.1 Å². The number of aromatic nitrogens is 3. The molecule has 1 atom stereocenters. The molecule has 1 heterocycles. The van der Waals surface area contributed by atoms with Crippen molar-refractivity contribution < 1.29 is 29.4 Å². The Hall–Kier alpha value is -3.54. The highest BCUT2D eigenvalue weighted by Crippen LogP contribution is 2.25. The number of hydrazine groups is 1. The molecule has 1 amide bonds. The monoisotopic (exact) mass is 449 g/mol. The molecule has 0 spiro atoms. The first-order chi connectivity index (χ1) is 14.7. The fourth-order valence-electron chi connectivity index (χ4n) is 2.73. The molecule has 0 aliphatic carbocycles. The molecular formula is C19H17ClFN5O5. The van der Waals surface area contributed by atoms with E-state index in [1.54, 1.807) is 30.3 Å². The summed E-state index contributed by atoms with van der Waals surface area (Å²) in [5.74, 6) is -2.96. The van der Waals surface area contributed by atoms with Gasteiger partial charge < -0.3 is 15.4 Å². The number of rotatable bonds is 8. The minimum atomic E-state index is -1.84. The van der Waals surface area contributed by atoms with Gasteiger partial charge in [-0.15, -0.1) is 5.10 Å². The number of hydrogen-bond donors (Lipinski definition) is 4. The molecule has 1 aromatic heterocycles. The van der Waals surface area contributed by atoms with Crippen LogP contribution in [0.1, 0.15) is 16.1 Å². The van der Waals surface area contributed by atoms with E-state index < -0.39 is 30.3 Å². The molecule has 0 aliphatic rings. The summed E-state index contributed by atoms with van der Waals surface area (Å²) in [6, 6.07) is 11.3. The first-order valence-corrected chi connectivity index (χ1v) is 9.23. The summed E-state index contributed by atoms with van der Waals surface area (Å²) in [5, 5.41) is 35.9. The van der Waals surface area contributed by atoms with Crippen LogP contribution >= 0.6 is 11.6 Å². The van der Waals surface area contributed by atoms with Gasteiger partial charge in [0.25, 0.3) is 5.91 Å². The summed E-state index contributed by atoms with van der Waals surface area (Å²) in [6.45, 7) is -0.797. The van der Waals surface area contributed by atoms with Crippen molar-refractivity contribution in [2.45, 2.75) is 12.6 Å². The van der Waals surface area contributed by atoms with Crippen LogP contribution < -0.4 is 5.43 Å². The number of carbonyl (C=O) groups excluding carboxylic acids is 1. The van der Waals surface area contributed by atoms with E-state index in [1.807, 2.05) is 0 Å². The third-order valence-corrected chi connectivity index (χ3v) is 4.46. The molecule has 0 saturated heterocycles. The Kier molecular flexibility index (Phi) is 6.80. The van der Waals surface area contributed by atoms with Crippen molar-refractivity contribution in [3.63, 3.8) is 0 Å². The van der Waals surface area contributed by atoms with E-state index in [2.05, 4.69) is 15.7 Å². The fourth-order valence-corrected chi connectivity index (χ4v) is 2.92. The molecule has 0 fully saturated rings. The second-order valence-corrected chi connectivity index (χ2v) is 6.95. The van der Waals surface area contributed by atoms with Gasteiger partial charge in [-0.3, -0.25) is 10.2 Å². The van der Waals surface area contributed by atoms with Crippen molar-refractivity contribution in [2.75, 3.05) is 6.54 Å².